The standard InChI is InChI=1S/C30H23N4/c1-33-20-34(28-16-7-6-15-27(28)33)22-10-8-9-21(19-22)30(29-17-18-31-32-29)25-13-4-2-11-23(25)24-12-3-5-14-26(24)30/h2-20H,1H3,(H,31,32)/q+1. The first kappa shape index (κ1) is 19.1. The van der Waals surface area contributed by atoms with Gasteiger partial charge in [0, 0.05) is 6.20 Å². The van der Waals surface area contributed by atoms with Crippen LogP contribution < -0.4 is 4.57 Å². The molecule has 0 spiro atoms. The van der Waals surface area contributed by atoms with Crippen LogP contribution in [0.25, 0.3) is 27.8 Å². The van der Waals surface area contributed by atoms with Gasteiger partial charge in [0.1, 0.15) is 5.69 Å². The van der Waals surface area contributed by atoms with E-state index in [0.717, 1.165) is 11.4 Å². The molecule has 6 aromatic rings. The van der Waals surface area contributed by atoms with E-state index in [4.69, 9.17) is 0 Å². The summed E-state index contributed by atoms with van der Waals surface area (Å²) in [6, 6.07) is 37.1. The molecule has 0 saturated heterocycles. The van der Waals surface area contributed by atoms with Crippen LogP contribution in [0.1, 0.15) is 22.4 Å². The average molecular weight is 440 g/mol. The Morgan fingerprint density at radius 3 is 2.21 bits per heavy atom. The Kier molecular flexibility index (Phi) is 3.94. The lowest BCUT2D eigenvalue weighted by Crippen LogP contribution is -2.29. The zero-order chi connectivity index (χ0) is 22.7. The van der Waals surface area contributed by atoms with Crippen LogP contribution in [0.15, 0.2) is 116 Å². The van der Waals surface area contributed by atoms with Crippen molar-refractivity contribution in [3.8, 4) is 16.8 Å². The Morgan fingerprint density at radius 1 is 0.765 bits per heavy atom. The van der Waals surface area contributed by atoms with Crippen molar-refractivity contribution in [2.75, 3.05) is 0 Å². The van der Waals surface area contributed by atoms with E-state index >= 15 is 0 Å². The highest BCUT2D eigenvalue weighted by Crippen LogP contribution is 2.55. The van der Waals surface area contributed by atoms with Crippen LogP contribution in [-0.4, -0.2) is 14.8 Å². The van der Waals surface area contributed by atoms with Gasteiger partial charge in [-0.2, -0.15) is 9.67 Å². The number of hydrogen-bond acceptors (Lipinski definition) is 1. The summed E-state index contributed by atoms with van der Waals surface area (Å²) in [5.74, 6) is 0. The molecule has 0 aliphatic heterocycles. The maximum absolute atomic E-state index is 4.37. The van der Waals surface area contributed by atoms with E-state index in [1.807, 2.05) is 6.20 Å². The van der Waals surface area contributed by atoms with E-state index in [1.165, 1.54) is 38.9 Å². The number of para-hydroxylation sites is 2. The Hall–Kier alpha value is -4.44. The normalized spacial score (nSPS) is 13.7. The molecule has 0 amide bonds. The molecule has 0 atom stereocenters. The highest BCUT2D eigenvalue weighted by atomic mass is 15.1. The second kappa shape index (κ2) is 7.03. The molecular formula is C30H23N4+. The lowest BCUT2D eigenvalue weighted by Gasteiger charge is -2.32. The lowest BCUT2D eigenvalue weighted by molar-refractivity contribution is -0.645. The summed E-state index contributed by atoms with van der Waals surface area (Å²) in [7, 11) is 2.10. The summed E-state index contributed by atoms with van der Waals surface area (Å²) < 4.78 is 4.44. The van der Waals surface area contributed by atoms with Crippen LogP contribution >= 0.6 is 0 Å². The Labute approximate surface area is 197 Å². The number of aromatic nitrogens is 4. The molecule has 0 bridgehead atoms. The van der Waals surface area contributed by atoms with E-state index in [9.17, 15) is 0 Å². The number of fused-ring (bicyclic) bond motifs is 4. The van der Waals surface area contributed by atoms with Gasteiger partial charge in [0.15, 0.2) is 11.0 Å². The summed E-state index contributed by atoms with van der Waals surface area (Å²) in [5, 5.41) is 7.71. The van der Waals surface area contributed by atoms with Crippen LogP contribution in [-0.2, 0) is 12.5 Å². The first-order valence-electron chi connectivity index (χ1n) is 11.5. The van der Waals surface area contributed by atoms with Gasteiger partial charge in [-0.25, -0.2) is 4.57 Å². The molecular weight excluding hydrogens is 416 g/mol. The van der Waals surface area contributed by atoms with Gasteiger partial charge in [0.2, 0.25) is 6.33 Å². The zero-order valence-electron chi connectivity index (χ0n) is 18.8. The fraction of sp³-hybridized carbons (Fsp3) is 0.0667. The quantitative estimate of drug-likeness (QED) is 0.361. The van der Waals surface area contributed by atoms with E-state index < -0.39 is 5.41 Å². The van der Waals surface area contributed by atoms with E-state index in [-0.39, 0.29) is 0 Å². The summed E-state index contributed by atoms with van der Waals surface area (Å²) in [6.07, 6.45) is 4.01. The van der Waals surface area contributed by atoms with E-state index in [1.54, 1.807) is 0 Å². The number of nitrogens with one attached hydrogen (secondary N) is 1. The molecule has 34 heavy (non-hydrogen) atoms. The lowest BCUT2D eigenvalue weighted by atomic mass is 9.70. The first-order chi connectivity index (χ1) is 16.8. The molecule has 0 saturated carbocycles. The molecule has 162 valence electrons. The topological polar surface area (TPSA) is 37.5 Å². The highest BCUT2D eigenvalue weighted by Gasteiger charge is 2.47. The molecule has 0 fully saturated rings. The molecule has 4 heteroatoms. The Bertz CT molecular complexity index is 1630. The molecule has 2 heterocycles. The summed E-state index contributed by atoms with van der Waals surface area (Å²) >= 11 is 0. The molecule has 4 aromatic carbocycles. The maximum atomic E-state index is 4.37. The molecule has 1 N–H and O–H groups in total. The third kappa shape index (κ3) is 2.42. The van der Waals surface area contributed by atoms with E-state index in [0.29, 0.717) is 0 Å². The summed E-state index contributed by atoms with van der Waals surface area (Å²) in [6.45, 7) is 0. The fourth-order valence-corrected chi connectivity index (χ4v) is 5.81. The van der Waals surface area contributed by atoms with Crippen LogP contribution in [0.3, 0.4) is 0 Å². The van der Waals surface area contributed by atoms with Crippen molar-refractivity contribution in [1.29, 1.82) is 0 Å². The number of nitrogens with zero attached hydrogens (tertiary/aromatic N) is 3. The number of rotatable bonds is 3. The SMILES string of the molecule is C[n+]1cn(-c2cccc(C3(c4ccn[nH]4)c4ccccc4-c4ccccc43)c2)c2ccccc21. The Morgan fingerprint density at radius 2 is 1.47 bits per heavy atom. The zero-order valence-corrected chi connectivity index (χ0v) is 18.8. The first-order valence-corrected chi connectivity index (χ1v) is 11.5. The summed E-state index contributed by atoms with van der Waals surface area (Å²) in [4.78, 5) is 0. The number of imidazole rings is 1. The third-order valence-corrected chi connectivity index (χ3v) is 7.22. The fourth-order valence-electron chi connectivity index (χ4n) is 5.81. The molecule has 4 nitrogen and oxygen atoms in total. The predicted octanol–water partition coefficient (Wildman–Crippen LogP) is 5.54. The van der Waals surface area contributed by atoms with E-state index in [2.05, 4.69) is 136 Å². The molecule has 0 radical (unpaired) electrons. The van der Waals surface area contributed by atoms with Gasteiger partial charge in [-0.05, 0) is 58.1 Å². The predicted molar refractivity (Wildman–Crippen MR) is 134 cm³/mol. The van der Waals surface area contributed by atoms with Crippen LogP contribution in [0.5, 0.6) is 0 Å². The molecule has 0 unspecified atom stereocenters. The second-order valence-corrected chi connectivity index (χ2v) is 8.95. The van der Waals surface area contributed by atoms with Crippen molar-refractivity contribution in [2.24, 2.45) is 7.05 Å². The van der Waals surface area contributed by atoms with Gasteiger partial charge >= 0.3 is 0 Å². The largest absolute Gasteiger partial charge is 0.281 e. The van der Waals surface area contributed by atoms with Gasteiger partial charge in [-0.15, -0.1) is 0 Å². The molecule has 2 aromatic heterocycles. The number of H-pyrrole nitrogens is 1. The van der Waals surface area contributed by atoms with Crippen LogP contribution in [0, 0.1) is 0 Å². The number of benzene rings is 4. The van der Waals surface area contributed by atoms with Crippen LogP contribution in [0.4, 0.5) is 0 Å². The molecule has 1 aliphatic carbocycles. The Balaban J connectivity index is 1.56. The van der Waals surface area contributed by atoms with Gasteiger partial charge in [0.25, 0.3) is 0 Å². The van der Waals surface area contributed by atoms with Crippen molar-refractivity contribution < 1.29 is 4.57 Å². The minimum absolute atomic E-state index is 0.467. The minimum atomic E-state index is -0.467. The van der Waals surface area contributed by atoms with Gasteiger partial charge in [-0.3, -0.25) is 5.10 Å². The second-order valence-electron chi connectivity index (χ2n) is 8.95. The number of aryl methyl sites for hydroxylation is 1. The number of hydrogen-bond donors (Lipinski definition) is 1. The van der Waals surface area contributed by atoms with Crippen molar-refractivity contribution in [2.45, 2.75) is 5.41 Å². The van der Waals surface area contributed by atoms with Gasteiger partial charge < -0.3 is 0 Å². The number of aromatic amines is 1. The van der Waals surface area contributed by atoms with Crippen molar-refractivity contribution >= 4 is 11.0 Å². The average Bonchev–Trinajstić information content (AvgIpc) is 3.61. The van der Waals surface area contributed by atoms with Crippen molar-refractivity contribution in [1.82, 2.24) is 14.8 Å². The monoisotopic (exact) mass is 439 g/mol. The third-order valence-electron chi connectivity index (χ3n) is 7.22. The highest BCUT2D eigenvalue weighted by molar-refractivity contribution is 5.86. The van der Waals surface area contributed by atoms with Crippen LogP contribution in [0.2, 0.25) is 0 Å². The smallest absolute Gasteiger partial charge is 0.249 e. The maximum Gasteiger partial charge on any atom is 0.249 e. The molecule has 7 rings (SSSR count). The van der Waals surface area contributed by atoms with Gasteiger partial charge in [0.05, 0.1) is 18.2 Å². The van der Waals surface area contributed by atoms with Crippen molar-refractivity contribution in [3.05, 3.63) is 138 Å². The minimum Gasteiger partial charge on any atom is -0.281 e. The molecule has 1 aliphatic rings. The van der Waals surface area contributed by atoms with Crippen molar-refractivity contribution in [3.63, 3.8) is 0 Å². The van der Waals surface area contributed by atoms with Gasteiger partial charge in [-0.1, -0.05) is 72.8 Å². The summed E-state index contributed by atoms with van der Waals surface area (Å²) in [5.41, 5.74) is 10.4.